The highest BCUT2D eigenvalue weighted by Gasteiger charge is 2.30. The molecule has 0 spiro atoms. The van der Waals surface area contributed by atoms with Crippen molar-refractivity contribution in [3.63, 3.8) is 0 Å². The first kappa shape index (κ1) is 18.3. The molecule has 10 heteroatoms. The third kappa shape index (κ3) is 3.75. The smallest absolute Gasteiger partial charge is 0.250 e. The lowest BCUT2D eigenvalue weighted by Crippen LogP contribution is -2.00. The summed E-state index contributed by atoms with van der Waals surface area (Å²) in [5.74, 6) is 1.23. The van der Waals surface area contributed by atoms with Gasteiger partial charge in [0.25, 0.3) is 5.89 Å². The van der Waals surface area contributed by atoms with Gasteiger partial charge in [-0.1, -0.05) is 23.4 Å². The molecule has 1 aliphatic rings. The van der Waals surface area contributed by atoms with Crippen LogP contribution in [0.1, 0.15) is 24.8 Å². The van der Waals surface area contributed by atoms with E-state index in [0.717, 1.165) is 29.4 Å². The van der Waals surface area contributed by atoms with Gasteiger partial charge < -0.3 is 4.42 Å². The van der Waals surface area contributed by atoms with Crippen LogP contribution < -0.4 is 0 Å². The molecule has 7 nitrogen and oxygen atoms in total. The molecule has 0 N–H and O–H groups in total. The number of halogens is 2. The molecular formula is C19H14ClFN6OS. The third-order valence-electron chi connectivity index (χ3n) is 4.47. The zero-order valence-electron chi connectivity index (χ0n) is 15.0. The Balaban J connectivity index is 1.37. The minimum absolute atomic E-state index is 0.0988. The van der Waals surface area contributed by atoms with E-state index in [-0.39, 0.29) is 11.5 Å². The van der Waals surface area contributed by atoms with E-state index in [9.17, 15) is 4.39 Å². The normalized spacial score (nSPS) is 13.7. The van der Waals surface area contributed by atoms with Crippen molar-refractivity contribution < 1.29 is 8.81 Å². The number of hydrogen-bond donors (Lipinski definition) is 0. The average molecular weight is 429 g/mol. The summed E-state index contributed by atoms with van der Waals surface area (Å²) in [4.78, 5) is 4.06. The molecule has 1 aliphatic carbocycles. The Morgan fingerprint density at radius 1 is 1.10 bits per heavy atom. The summed E-state index contributed by atoms with van der Waals surface area (Å²) in [6, 6.07) is 8.44. The van der Waals surface area contributed by atoms with Crippen LogP contribution in [-0.4, -0.2) is 29.9 Å². The van der Waals surface area contributed by atoms with Crippen LogP contribution in [0, 0.1) is 5.82 Å². The molecule has 1 fully saturated rings. The van der Waals surface area contributed by atoms with Gasteiger partial charge in [-0.15, -0.1) is 20.4 Å². The van der Waals surface area contributed by atoms with Crippen molar-refractivity contribution in [2.45, 2.75) is 29.8 Å². The molecule has 0 bridgehead atoms. The van der Waals surface area contributed by atoms with Crippen molar-refractivity contribution in [3.05, 3.63) is 59.5 Å². The first-order valence-electron chi connectivity index (χ1n) is 8.95. The van der Waals surface area contributed by atoms with E-state index in [1.165, 1.54) is 30.0 Å². The zero-order chi connectivity index (χ0) is 19.8. The van der Waals surface area contributed by atoms with E-state index in [4.69, 9.17) is 16.0 Å². The van der Waals surface area contributed by atoms with Gasteiger partial charge >= 0.3 is 0 Å². The van der Waals surface area contributed by atoms with Crippen LogP contribution in [0.3, 0.4) is 0 Å². The third-order valence-corrected chi connectivity index (χ3v) is 5.63. The number of pyridine rings is 1. The average Bonchev–Trinajstić information content (AvgIpc) is 3.31. The molecule has 3 heterocycles. The number of aromatic nitrogens is 6. The van der Waals surface area contributed by atoms with Gasteiger partial charge in [-0.05, 0) is 43.2 Å². The van der Waals surface area contributed by atoms with Crippen molar-refractivity contribution >= 4 is 23.4 Å². The monoisotopic (exact) mass is 428 g/mol. The van der Waals surface area contributed by atoms with Gasteiger partial charge in [0.15, 0.2) is 11.0 Å². The van der Waals surface area contributed by atoms with E-state index < -0.39 is 5.82 Å². The van der Waals surface area contributed by atoms with E-state index in [1.807, 2.05) is 12.1 Å². The van der Waals surface area contributed by atoms with Gasteiger partial charge in [-0.2, -0.15) is 0 Å². The van der Waals surface area contributed by atoms with E-state index in [2.05, 4.69) is 29.9 Å². The molecule has 3 aromatic heterocycles. The Morgan fingerprint density at radius 3 is 2.72 bits per heavy atom. The van der Waals surface area contributed by atoms with Crippen molar-refractivity contribution in [2.24, 2.45) is 0 Å². The maximum absolute atomic E-state index is 14.0. The minimum atomic E-state index is -0.465. The first-order chi connectivity index (χ1) is 14.2. The topological polar surface area (TPSA) is 82.5 Å². The Kier molecular flexibility index (Phi) is 4.76. The largest absolute Gasteiger partial charge is 0.420 e. The van der Waals surface area contributed by atoms with Crippen LogP contribution in [0.15, 0.2) is 52.3 Å². The summed E-state index contributed by atoms with van der Waals surface area (Å²) in [5, 5.41) is 17.9. The highest BCUT2D eigenvalue weighted by atomic mass is 35.5. The maximum Gasteiger partial charge on any atom is 0.250 e. The van der Waals surface area contributed by atoms with Crippen molar-refractivity contribution in [1.29, 1.82) is 0 Å². The molecule has 29 heavy (non-hydrogen) atoms. The number of nitrogens with zero attached hydrogens (tertiary/aromatic N) is 6. The number of rotatable bonds is 6. The highest BCUT2D eigenvalue weighted by molar-refractivity contribution is 7.98. The van der Waals surface area contributed by atoms with Gasteiger partial charge in [0.05, 0.1) is 11.3 Å². The van der Waals surface area contributed by atoms with Crippen LogP contribution in [-0.2, 0) is 5.75 Å². The summed E-state index contributed by atoms with van der Waals surface area (Å²) in [5.41, 5.74) is 1.16. The van der Waals surface area contributed by atoms with Crippen LogP contribution in [0.4, 0.5) is 4.39 Å². The molecule has 0 radical (unpaired) electrons. The second-order valence-corrected chi connectivity index (χ2v) is 7.94. The minimum Gasteiger partial charge on any atom is -0.420 e. The van der Waals surface area contributed by atoms with Gasteiger partial charge in [0.1, 0.15) is 5.82 Å². The zero-order valence-corrected chi connectivity index (χ0v) is 16.6. The highest BCUT2D eigenvalue weighted by Crippen LogP contribution is 2.41. The fourth-order valence-corrected chi connectivity index (χ4v) is 3.96. The fraction of sp³-hybridized carbons (Fsp3) is 0.211. The van der Waals surface area contributed by atoms with Crippen LogP contribution >= 0.6 is 23.4 Å². The second kappa shape index (κ2) is 7.57. The summed E-state index contributed by atoms with van der Waals surface area (Å²) < 4.78 is 21.8. The van der Waals surface area contributed by atoms with Crippen LogP contribution in [0.25, 0.3) is 22.8 Å². The molecule has 0 atom stereocenters. The van der Waals surface area contributed by atoms with Gasteiger partial charge in [0, 0.05) is 29.0 Å². The lowest BCUT2D eigenvalue weighted by molar-refractivity contribution is 0.522. The number of hydrogen-bond acceptors (Lipinski definition) is 7. The van der Waals surface area contributed by atoms with Gasteiger partial charge in [-0.25, -0.2) is 4.39 Å². The fourth-order valence-electron chi connectivity index (χ4n) is 2.94. The quantitative estimate of drug-likeness (QED) is 0.407. The number of benzene rings is 1. The summed E-state index contributed by atoms with van der Waals surface area (Å²) in [6.07, 6.45) is 5.68. The summed E-state index contributed by atoms with van der Waals surface area (Å²) >= 11 is 7.40. The van der Waals surface area contributed by atoms with E-state index in [0.29, 0.717) is 22.7 Å². The van der Waals surface area contributed by atoms with Gasteiger partial charge in [0.2, 0.25) is 5.89 Å². The molecule has 1 saturated carbocycles. The Labute approximate surface area is 174 Å². The van der Waals surface area contributed by atoms with Crippen LogP contribution in [0.2, 0.25) is 5.02 Å². The lowest BCUT2D eigenvalue weighted by atomic mass is 10.2. The van der Waals surface area contributed by atoms with Crippen molar-refractivity contribution in [3.8, 4) is 22.8 Å². The summed E-state index contributed by atoms with van der Waals surface area (Å²) in [7, 11) is 0. The second-order valence-electron chi connectivity index (χ2n) is 6.56. The maximum atomic E-state index is 14.0. The Bertz CT molecular complexity index is 1160. The lowest BCUT2D eigenvalue weighted by Gasteiger charge is -2.07. The SMILES string of the molecule is Fc1ccc(Cl)cc1-c1nnc(CSc2nnc(-c3ccncc3)n2C2CC2)o1. The molecular weight excluding hydrogens is 415 g/mol. The van der Waals surface area contributed by atoms with E-state index >= 15 is 0 Å². The molecule has 5 rings (SSSR count). The molecule has 0 unspecified atom stereocenters. The van der Waals surface area contributed by atoms with Crippen LogP contribution in [0.5, 0.6) is 0 Å². The molecule has 1 aromatic carbocycles. The summed E-state index contributed by atoms with van der Waals surface area (Å²) in [6.45, 7) is 0. The predicted molar refractivity (Wildman–Crippen MR) is 106 cm³/mol. The van der Waals surface area contributed by atoms with Crippen molar-refractivity contribution in [2.75, 3.05) is 0 Å². The standard InChI is InChI=1S/C19H14ClFN6OS/c20-12-1-4-15(21)14(9-12)18-25-23-16(28-18)10-29-19-26-24-17(27(19)13-2-3-13)11-5-7-22-8-6-11/h1,4-9,13H,2-3,10H2. The molecule has 0 amide bonds. The molecule has 0 aliphatic heterocycles. The Morgan fingerprint density at radius 2 is 1.93 bits per heavy atom. The molecule has 4 aromatic rings. The van der Waals surface area contributed by atoms with Crippen molar-refractivity contribution in [1.82, 2.24) is 29.9 Å². The number of thioether (sulfide) groups is 1. The molecule has 146 valence electrons. The Hall–Kier alpha value is -2.78. The van der Waals surface area contributed by atoms with E-state index in [1.54, 1.807) is 12.4 Å². The molecule has 0 saturated heterocycles. The first-order valence-corrected chi connectivity index (χ1v) is 10.3. The predicted octanol–water partition coefficient (Wildman–Crippen LogP) is 4.81. The van der Waals surface area contributed by atoms with Gasteiger partial charge in [-0.3, -0.25) is 9.55 Å².